The van der Waals surface area contributed by atoms with Crippen molar-refractivity contribution in [1.82, 2.24) is 0 Å². The van der Waals surface area contributed by atoms with E-state index in [-0.39, 0.29) is 62.0 Å². The van der Waals surface area contributed by atoms with E-state index in [2.05, 4.69) is 0 Å². The second kappa shape index (κ2) is 27.2. The summed E-state index contributed by atoms with van der Waals surface area (Å²) in [5.41, 5.74) is 1.84. The lowest BCUT2D eigenvalue weighted by Gasteiger charge is -2.30. The molecule has 4 N–H and O–H groups in total. The quantitative estimate of drug-likeness (QED) is 0.0409. The molecule has 69 heavy (non-hydrogen) atoms. The van der Waals surface area contributed by atoms with Crippen LogP contribution >= 0.6 is 0 Å². The molecule has 2 unspecified atom stereocenters. The van der Waals surface area contributed by atoms with Gasteiger partial charge in [0.15, 0.2) is 5.71 Å². The number of methoxy groups -OCH3 is 2. The lowest BCUT2D eigenvalue weighted by Crippen LogP contribution is -2.33. The van der Waals surface area contributed by atoms with Gasteiger partial charge in [-0.25, -0.2) is 0 Å². The third kappa shape index (κ3) is 17.3. The molecule has 2 aromatic rings. The van der Waals surface area contributed by atoms with Crippen LogP contribution in [-0.4, -0.2) is 173 Å². The van der Waals surface area contributed by atoms with Gasteiger partial charge in [0.05, 0.1) is 93.6 Å². The van der Waals surface area contributed by atoms with Crippen LogP contribution in [0.5, 0.6) is 0 Å². The van der Waals surface area contributed by atoms with Gasteiger partial charge < -0.3 is 43.2 Å². The number of aliphatic carboxylic acids is 1. The standard InChI is InChI=1S/C46H68N2O18S3/c1-45(17-9-33-67(51,52)53)38-34-36(68(54,55)56)14-16-41(38)48(20-22-62-25-26-64-29-30-66-32-31-65-28-27-63-24-23-61-4)42(45)10-8-11-43-46(2,18-21-60-3)39-35-37(69(57,58)59)13-15-40(39)47(43)19-7-5-6-12-44(49)50/h8,10-11,13-16,34-35H,5-7,9,12,17-33H2,1-4H3,(H3-,49,50,51,52,53,54,55,56,57,58,59)/p+1. The SMILES string of the molecule is COCCOCCOCCOCCOCCOCCN1/C(=C/C=C/C2=[N+](CCCCCC(=O)O)c3ccc(S(=O)(=O)O)cc3C2(C)CCOC)C(C)(CCCS(=O)(=O)O)c2cc(S(=O)(=O)O)ccc21. The number of carboxylic acids is 1. The molecule has 0 spiro atoms. The second-order valence-electron chi connectivity index (χ2n) is 17.0. The van der Waals surface area contributed by atoms with Gasteiger partial charge in [0.1, 0.15) is 6.54 Å². The van der Waals surface area contributed by atoms with E-state index < -0.39 is 52.9 Å². The number of hydrogen-bond donors (Lipinski definition) is 4. The van der Waals surface area contributed by atoms with Crippen molar-refractivity contribution < 1.29 is 86.5 Å². The Morgan fingerprint density at radius 1 is 0.652 bits per heavy atom. The second-order valence-corrected chi connectivity index (χ2v) is 21.4. The Bertz CT molecular complexity index is 2440. The summed E-state index contributed by atoms with van der Waals surface area (Å²) in [7, 11) is -10.4. The van der Waals surface area contributed by atoms with Crippen LogP contribution in [0.4, 0.5) is 11.4 Å². The third-order valence-electron chi connectivity index (χ3n) is 12.1. The normalized spacial score (nSPS) is 19.1. The molecule has 2 heterocycles. The molecule has 0 aliphatic carbocycles. The van der Waals surface area contributed by atoms with Crippen LogP contribution in [0.2, 0.25) is 0 Å². The molecule has 2 aliphatic heterocycles. The fourth-order valence-corrected chi connectivity index (χ4v) is 10.1. The number of anilines is 1. The van der Waals surface area contributed by atoms with Crippen molar-refractivity contribution in [2.45, 2.75) is 79.4 Å². The smallest absolute Gasteiger partial charge is 0.303 e. The van der Waals surface area contributed by atoms with Crippen LogP contribution in [0.25, 0.3) is 0 Å². The Hall–Kier alpha value is -3.69. The topological polar surface area (TPSA) is 271 Å². The summed E-state index contributed by atoms with van der Waals surface area (Å²) in [6, 6.07) is 8.62. The van der Waals surface area contributed by atoms with Crippen molar-refractivity contribution in [2.75, 3.05) is 117 Å². The summed E-state index contributed by atoms with van der Waals surface area (Å²) in [4.78, 5) is 12.5. The minimum Gasteiger partial charge on any atom is -0.481 e. The molecule has 2 aromatic carbocycles. The van der Waals surface area contributed by atoms with Gasteiger partial charge in [0.25, 0.3) is 30.4 Å². The number of nitrogens with zero attached hydrogens (tertiary/aromatic N) is 2. The predicted octanol–water partition coefficient (Wildman–Crippen LogP) is 4.83. The van der Waals surface area contributed by atoms with Gasteiger partial charge in [0.2, 0.25) is 5.69 Å². The van der Waals surface area contributed by atoms with E-state index in [1.165, 1.54) is 24.3 Å². The van der Waals surface area contributed by atoms with Crippen molar-refractivity contribution >= 4 is 53.4 Å². The molecule has 0 aromatic heterocycles. The summed E-state index contributed by atoms with van der Waals surface area (Å²) in [5, 5.41) is 9.22. The molecule has 20 nitrogen and oxygen atoms in total. The molecule has 2 aliphatic rings. The first-order valence-corrected chi connectivity index (χ1v) is 27.2. The molecule has 0 radical (unpaired) electrons. The zero-order chi connectivity index (χ0) is 50.7. The van der Waals surface area contributed by atoms with Crippen molar-refractivity contribution in [1.29, 1.82) is 0 Å². The van der Waals surface area contributed by atoms with E-state index in [4.69, 9.17) is 33.2 Å². The average molecular weight is 1030 g/mol. The maximum atomic E-state index is 12.5. The highest BCUT2D eigenvalue weighted by molar-refractivity contribution is 7.86. The number of carboxylic acid groups (broad SMARTS) is 1. The maximum absolute atomic E-state index is 12.5. The number of unbranched alkanes of at least 4 members (excludes halogenated alkanes) is 2. The van der Waals surface area contributed by atoms with Crippen LogP contribution in [-0.2, 0) is 79.1 Å². The first kappa shape index (κ1) is 57.9. The van der Waals surface area contributed by atoms with Crippen molar-refractivity contribution in [3.63, 3.8) is 0 Å². The lowest BCUT2D eigenvalue weighted by atomic mass is 9.76. The fraction of sp³-hybridized carbons (Fsp3) is 0.609. The molecule has 0 saturated carbocycles. The molecule has 388 valence electrons. The highest BCUT2D eigenvalue weighted by atomic mass is 32.2. The molecule has 2 atom stereocenters. The minimum atomic E-state index is -4.66. The average Bonchev–Trinajstić information content (AvgIpc) is 3.65. The van der Waals surface area contributed by atoms with Crippen LogP contribution < -0.4 is 4.90 Å². The number of rotatable bonds is 35. The number of hydrogen-bond acceptors (Lipinski definition) is 15. The summed E-state index contributed by atoms with van der Waals surface area (Å²) >= 11 is 0. The summed E-state index contributed by atoms with van der Waals surface area (Å²) < 4.78 is 144. The Morgan fingerprint density at radius 3 is 1.72 bits per heavy atom. The highest BCUT2D eigenvalue weighted by Gasteiger charge is 2.48. The van der Waals surface area contributed by atoms with Crippen LogP contribution in [0.15, 0.2) is 70.1 Å². The van der Waals surface area contributed by atoms with E-state index in [1.807, 2.05) is 35.5 Å². The largest absolute Gasteiger partial charge is 0.481 e. The molecule has 0 amide bonds. The molecule has 0 fully saturated rings. The minimum absolute atomic E-state index is 0.0107. The van der Waals surface area contributed by atoms with Crippen molar-refractivity contribution in [2.24, 2.45) is 0 Å². The molecule has 4 rings (SSSR count). The number of carbonyl (C=O) groups is 1. The first-order chi connectivity index (χ1) is 32.7. The molecule has 0 saturated heterocycles. The van der Waals surface area contributed by atoms with E-state index in [0.29, 0.717) is 113 Å². The molecule has 23 heteroatoms. The number of benzene rings is 2. The Morgan fingerprint density at radius 2 is 1.19 bits per heavy atom. The van der Waals surface area contributed by atoms with Gasteiger partial charge in [-0.15, -0.1) is 0 Å². The van der Waals surface area contributed by atoms with Gasteiger partial charge in [0, 0.05) is 74.7 Å². The van der Waals surface area contributed by atoms with Crippen molar-refractivity contribution in [3.05, 3.63) is 71.5 Å². The van der Waals surface area contributed by atoms with Crippen molar-refractivity contribution in [3.8, 4) is 0 Å². The summed E-state index contributed by atoms with van der Waals surface area (Å²) in [5.74, 6) is -1.46. The van der Waals surface area contributed by atoms with E-state index >= 15 is 0 Å². The van der Waals surface area contributed by atoms with E-state index in [9.17, 15) is 48.8 Å². The maximum Gasteiger partial charge on any atom is 0.303 e. The van der Waals surface area contributed by atoms with E-state index in [1.54, 1.807) is 32.4 Å². The Labute approximate surface area is 406 Å². The lowest BCUT2D eigenvalue weighted by molar-refractivity contribution is -0.438. The van der Waals surface area contributed by atoms with Gasteiger partial charge in [-0.2, -0.15) is 29.8 Å². The van der Waals surface area contributed by atoms with Gasteiger partial charge in [-0.3, -0.25) is 18.5 Å². The van der Waals surface area contributed by atoms with Crippen LogP contribution in [0.3, 0.4) is 0 Å². The Balaban J connectivity index is 1.64. The third-order valence-corrected chi connectivity index (χ3v) is 14.6. The zero-order valence-electron chi connectivity index (χ0n) is 39.9. The fourth-order valence-electron chi connectivity index (χ4n) is 8.54. The zero-order valence-corrected chi connectivity index (χ0v) is 42.3. The van der Waals surface area contributed by atoms with Gasteiger partial charge in [-0.05, 0) is 87.9 Å². The number of fused-ring (bicyclic) bond motifs is 2. The first-order valence-electron chi connectivity index (χ1n) is 22.8. The number of allylic oxidation sites excluding steroid dienone is 4. The molecular formula is C46H69N2O18S3+. The van der Waals surface area contributed by atoms with Crippen LogP contribution in [0.1, 0.15) is 69.9 Å². The van der Waals surface area contributed by atoms with Gasteiger partial charge in [-0.1, -0.05) is 6.08 Å². The molecule has 0 bridgehead atoms. The predicted molar refractivity (Wildman–Crippen MR) is 256 cm³/mol. The number of ether oxygens (including phenoxy) is 7. The Kier molecular flexibility index (Phi) is 22.8. The summed E-state index contributed by atoms with van der Waals surface area (Å²) in [6.45, 7) is 8.87. The van der Waals surface area contributed by atoms with Crippen LogP contribution in [0, 0.1) is 0 Å². The molecular weight excluding hydrogens is 965 g/mol. The van der Waals surface area contributed by atoms with E-state index in [0.717, 1.165) is 5.71 Å². The monoisotopic (exact) mass is 1030 g/mol. The van der Waals surface area contributed by atoms with Gasteiger partial charge >= 0.3 is 5.97 Å². The summed E-state index contributed by atoms with van der Waals surface area (Å²) in [6.07, 6.45) is 7.68. The highest BCUT2D eigenvalue weighted by Crippen LogP contribution is 2.51.